The lowest BCUT2D eigenvalue weighted by atomic mass is 9.85. The molecule has 1 unspecified atom stereocenters. The first-order chi connectivity index (χ1) is 20.7. The zero-order valence-corrected chi connectivity index (χ0v) is 22.9. The number of nitrogens with one attached hydrogen (secondary N) is 1. The quantitative estimate of drug-likeness (QED) is 0.116. The van der Waals surface area contributed by atoms with Crippen LogP contribution in [0.25, 0.3) is 18.2 Å². The summed E-state index contributed by atoms with van der Waals surface area (Å²) < 4.78 is 0. The van der Waals surface area contributed by atoms with Crippen molar-refractivity contribution in [2.45, 2.75) is 6.04 Å². The zero-order chi connectivity index (χ0) is 30.8. The lowest BCUT2D eigenvalue weighted by molar-refractivity contribution is -0.129. The van der Waals surface area contributed by atoms with E-state index in [4.69, 9.17) is 0 Å². The normalized spacial score (nSPS) is 12.8. The molecule has 0 aromatic heterocycles. The van der Waals surface area contributed by atoms with Gasteiger partial charge in [-0.1, -0.05) is 72.8 Å². The number of allylic oxidation sites excluding steroid dienone is 2. The third-order valence-electron chi connectivity index (χ3n) is 6.36. The minimum atomic E-state index is -1.43. The Morgan fingerprint density at radius 3 is 1.42 bits per heavy atom. The molecule has 8 nitrogen and oxygen atoms in total. The topological polar surface area (TPSA) is 144 Å². The Kier molecular flexibility index (Phi) is 9.89. The number of benzene rings is 4. The van der Waals surface area contributed by atoms with Crippen molar-refractivity contribution in [2.24, 2.45) is 5.92 Å². The van der Waals surface area contributed by atoms with Crippen molar-refractivity contribution in [3.05, 3.63) is 138 Å². The number of ketones is 2. The fourth-order valence-electron chi connectivity index (χ4n) is 4.42. The lowest BCUT2D eigenvalue weighted by Crippen LogP contribution is -2.39. The summed E-state index contributed by atoms with van der Waals surface area (Å²) in [5.74, 6) is -4.12. The molecule has 0 saturated carbocycles. The molecule has 0 bridgehead atoms. The van der Waals surface area contributed by atoms with Crippen molar-refractivity contribution in [1.29, 1.82) is 0 Å². The molecule has 1 atom stereocenters. The van der Waals surface area contributed by atoms with Gasteiger partial charge in [-0.15, -0.1) is 0 Å². The number of hydrogen-bond acceptors (Lipinski definition) is 7. The summed E-state index contributed by atoms with van der Waals surface area (Å²) in [5, 5.41) is 42.0. The van der Waals surface area contributed by atoms with Crippen LogP contribution in [0.1, 0.15) is 28.3 Å². The first-order valence-electron chi connectivity index (χ1n) is 13.3. The molecular formula is C35H29NO7. The van der Waals surface area contributed by atoms with Gasteiger partial charge in [0, 0.05) is 18.2 Å². The molecule has 0 spiro atoms. The number of aromatic hydroxyl groups is 4. The second-order valence-electron chi connectivity index (χ2n) is 9.66. The highest BCUT2D eigenvalue weighted by Crippen LogP contribution is 2.28. The smallest absolute Gasteiger partial charge is 0.244 e. The van der Waals surface area contributed by atoms with Gasteiger partial charge in [0.05, 0.1) is 6.04 Å². The van der Waals surface area contributed by atoms with Crippen LogP contribution in [0, 0.1) is 5.92 Å². The van der Waals surface area contributed by atoms with E-state index in [9.17, 15) is 34.8 Å². The van der Waals surface area contributed by atoms with Crippen LogP contribution in [0.4, 0.5) is 0 Å². The van der Waals surface area contributed by atoms with Crippen LogP contribution in [0.2, 0.25) is 0 Å². The fourth-order valence-corrected chi connectivity index (χ4v) is 4.42. The van der Waals surface area contributed by atoms with Gasteiger partial charge in [0.2, 0.25) is 5.91 Å². The van der Waals surface area contributed by atoms with Gasteiger partial charge in [-0.3, -0.25) is 14.4 Å². The molecule has 0 aliphatic rings. The largest absolute Gasteiger partial charge is 0.508 e. The third-order valence-corrected chi connectivity index (χ3v) is 6.36. The van der Waals surface area contributed by atoms with Gasteiger partial charge in [-0.05, 0) is 64.7 Å². The zero-order valence-electron chi connectivity index (χ0n) is 22.9. The lowest BCUT2D eigenvalue weighted by Gasteiger charge is -2.25. The molecule has 216 valence electrons. The molecular weight excluding hydrogens is 546 g/mol. The van der Waals surface area contributed by atoms with Gasteiger partial charge in [0.1, 0.15) is 28.9 Å². The highest BCUT2D eigenvalue weighted by Gasteiger charge is 2.34. The summed E-state index contributed by atoms with van der Waals surface area (Å²) in [5.41, 5.74) is 1.91. The van der Waals surface area contributed by atoms with Crippen LogP contribution >= 0.6 is 0 Å². The summed E-state index contributed by atoms with van der Waals surface area (Å²) in [4.78, 5) is 40.5. The molecule has 8 heteroatoms. The Bertz CT molecular complexity index is 1580. The molecule has 5 N–H and O–H groups in total. The first-order valence-corrected chi connectivity index (χ1v) is 13.3. The van der Waals surface area contributed by atoms with Crippen molar-refractivity contribution in [1.82, 2.24) is 5.32 Å². The maximum atomic E-state index is 13.7. The van der Waals surface area contributed by atoms with E-state index in [1.807, 2.05) is 30.3 Å². The average molecular weight is 576 g/mol. The molecule has 0 radical (unpaired) electrons. The van der Waals surface area contributed by atoms with Crippen LogP contribution in [0.15, 0.2) is 115 Å². The first kappa shape index (κ1) is 30.1. The van der Waals surface area contributed by atoms with Crippen molar-refractivity contribution >= 4 is 35.7 Å². The minimum Gasteiger partial charge on any atom is -0.508 e. The van der Waals surface area contributed by atoms with Crippen molar-refractivity contribution < 1.29 is 34.8 Å². The predicted molar refractivity (Wildman–Crippen MR) is 164 cm³/mol. The molecule has 4 aromatic rings. The van der Waals surface area contributed by atoms with Crippen LogP contribution in [-0.2, 0) is 14.4 Å². The third kappa shape index (κ3) is 8.80. The van der Waals surface area contributed by atoms with Crippen molar-refractivity contribution in [3.8, 4) is 23.0 Å². The van der Waals surface area contributed by atoms with Crippen LogP contribution in [0.3, 0.4) is 0 Å². The number of phenols is 4. The van der Waals surface area contributed by atoms with E-state index in [0.29, 0.717) is 16.7 Å². The van der Waals surface area contributed by atoms with Gasteiger partial charge in [0.25, 0.3) is 0 Å². The SMILES string of the molecule is O=C(C=Cc1ccccc1)NC(c1ccccc1)C(C(=O)C=Cc1cc(O)cc(O)c1)C(=O)C=Cc1cc(O)cc(O)c1. The number of carbonyl (C=O) groups excluding carboxylic acids is 3. The number of carbonyl (C=O) groups is 3. The van der Waals surface area contributed by atoms with E-state index in [1.54, 1.807) is 36.4 Å². The summed E-state index contributed by atoms with van der Waals surface area (Å²) >= 11 is 0. The van der Waals surface area contributed by atoms with Gasteiger partial charge >= 0.3 is 0 Å². The molecule has 0 aliphatic carbocycles. The van der Waals surface area contributed by atoms with Gasteiger partial charge in [-0.25, -0.2) is 0 Å². The molecule has 4 aromatic carbocycles. The number of hydrogen-bond donors (Lipinski definition) is 5. The van der Waals surface area contributed by atoms with E-state index < -0.39 is 29.4 Å². The summed E-state index contributed by atoms with van der Waals surface area (Å²) in [7, 11) is 0. The standard InChI is InChI=1S/C35H29NO7/c37-27-17-24(18-28(38)21-27)11-14-31(41)34(32(42)15-12-25-19-29(39)22-30(40)20-25)35(26-9-5-2-6-10-26)36-33(43)16-13-23-7-3-1-4-8-23/h1-22,34-35,37-40H,(H,36,43). The van der Waals surface area contributed by atoms with E-state index in [0.717, 1.165) is 29.8 Å². The van der Waals surface area contributed by atoms with E-state index in [2.05, 4.69) is 5.32 Å². The van der Waals surface area contributed by atoms with Crippen LogP contribution in [0.5, 0.6) is 23.0 Å². The molecule has 0 heterocycles. The Balaban J connectivity index is 1.72. The molecule has 1 amide bonds. The van der Waals surface area contributed by atoms with Crippen LogP contribution in [-0.4, -0.2) is 37.9 Å². The average Bonchev–Trinajstić information content (AvgIpc) is 2.97. The minimum absolute atomic E-state index is 0.211. The highest BCUT2D eigenvalue weighted by molar-refractivity contribution is 6.14. The maximum absolute atomic E-state index is 13.7. The summed E-state index contributed by atoms with van der Waals surface area (Å²) in [6, 6.07) is 24.2. The van der Waals surface area contributed by atoms with E-state index in [-0.39, 0.29) is 23.0 Å². The Morgan fingerprint density at radius 1 is 0.535 bits per heavy atom. The molecule has 43 heavy (non-hydrogen) atoms. The molecule has 0 fully saturated rings. The van der Waals surface area contributed by atoms with Crippen molar-refractivity contribution in [2.75, 3.05) is 0 Å². The van der Waals surface area contributed by atoms with E-state index >= 15 is 0 Å². The second kappa shape index (κ2) is 14.1. The second-order valence-corrected chi connectivity index (χ2v) is 9.66. The summed E-state index contributed by atoms with van der Waals surface area (Å²) in [6.45, 7) is 0. The van der Waals surface area contributed by atoms with Gasteiger partial charge < -0.3 is 25.7 Å². The van der Waals surface area contributed by atoms with Crippen LogP contribution < -0.4 is 5.32 Å². The highest BCUT2D eigenvalue weighted by atomic mass is 16.3. The Labute approximate surface area is 248 Å². The Morgan fingerprint density at radius 2 is 0.953 bits per heavy atom. The molecule has 0 saturated heterocycles. The van der Waals surface area contributed by atoms with Gasteiger partial charge in [0.15, 0.2) is 11.6 Å². The number of rotatable bonds is 11. The van der Waals surface area contributed by atoms with E-state index in [1.165, 1.54) is 42.5 Å². The monoisotopic (exact) mass is 575 g/mol. The molecule has 0 aliphatic heterocycles. The summed E-state index contributed by atoms with van der Waals surface area (Å²) in [6.07, 6.45) is 7.91. The maximum Gasteiger partial charge on any atom is 0.244 e. The molecule has 4 rings (SSSR count). The number of amides is 1. The Hall–Kier alpha value is -5.89. The predicted octanol–water partition coefficient (Wildman–Crippen LogP) is 5.56. The van der Waals surface area contributed by atoms with Gasteiger partial charge in [-0.2, -0.15) is 0 Å². The number of phenolic OH excluding ortho intramolecular Hbond substituents is 4. The van der Waals surface area contributed by atoms with Crippen molar-refractivity contribution in [3.63, 3.8) is 0 Å². The fraction of sp³-hybridized carbons (Fsp3) is 0.0571.